The van der Waals surface area contributed by atoms with Gasteiger partial charge in [0.15, 0.2) is 5.82 Å². The predicted octanol–water partition coefficient (Wildman–Crippen LogP) is 3.53. The Morgan fingerprint density at radius 3 is 2.67 bits per heavy atom. The van der Waals surface area contributed by atoms with Crippen LogP contribution in [0.25, 0.3) is 11.4 Å². The fourth-order valence-corrected chi connectivity index (χ4v) is 2.88. The Kier molecular flexibility index (Phi) is 5.51. The first-order valence-electron chi connectivity index (χ1n) is 7.33. The number of halogens is 1. The maximum Gasteiger partial charge on any atom is 0.230 e. The highest BCUT2D eigenvalue weighted by Gasteiger charge is 2.09. The molecule has 1 aromatic heterocycles. The van der Waals surface area contributed by atoms with Crippen molar-refractivity contribution in [2.45, 2.75) is 11.7 Å². The summed E-state index contributed by atoms with van der Waals surface area (Å²) in [5, 5.41) is 11.0. The number of H-pyrrole nitrogens is 1. The number of carbonyl (C=O) groups excluding carboxylic acids is 1. The molecular weight excluding hydrogens is 344 g/mol. The SMILES string of the molecule is O=C(CSc1n[nH]c(-c2ccccc2)n1)NCc1ccccc1Cl. The fourth-order valence-electron chi connectivity index (χ4n) is 2.05. The van der Waals surface area contributed by atoms with Crippen LogP contribution < -0.4 is 5.32 Å². The van der Waals surface area contributed by atoms with Crippen molar-refractivity contribution < 1.29 is 4.79 Å². The zero-order valence-electron chi connectivity index (χ0n) is 12.7. The Morgan fingerprint density at radius 1 is 1.12 bits per heavy atom. The minimum Gasteiger partial charge on any atom is -0.351 e. The quantitative estimate of drug-likeness (QED) is 0.661. The Balaban J connectivity index is 1.50. The van der Waals surface area contributed by atoms with Crippen molar-refractivity contribution in [3.05, 3.63) is 65.2 Å². The van der Waals surface area contributed by atoms with Crippen molar-refractivity contribution >= 4 is 29.3 Å². The summed E-state index contributed by atoms with van der Waals surface area (Å²) in [4.78, 5) is 16.3. The number of thioether (sulfide) groups is 1. The Labute approximate surface area is 148 Å². The van der Waals surface area contributed by atoms with Gasteiger partial charge in [0.25, 0.3) is 0 Å². The number of aromatic amines is 1. The summed E-state index contributed by atoms with van der Waals surface area (Å²) in [7, 11) is 0. The molecule has 24 heavy (non-hydrogen) atoms. The molecule has 1 heterocycles. The molecule has 2 N–H and O–H groups in total. The van der Waals surface area contributed by atoms with Gasteiger partial charge >= 0.3 is 0 Å². The lowest BCUT2D eigenvalue weighted by Crippen LogP contribution is -2.24. The molecule has 0 radical (unpaired) electrons. The van der Waals surface area contributed by atoms with E-state index in [1.165, 1.54) is 11.8 Å². The van der Waals surface area contributed by atoms with E-state index in [2.05, 4.69) is 20.5 Å². The summed E-state index contributed by atoms with van der Waals surface area (Å²) >= 11 is 7.35. The lowest BCUT2D eigenvalue weighted by molar-refractivity contribution is -0.118. The standard InChI is InChI=1S/C17H15ClN4OS/c18-14-9-5-4-8-13(14)10-19-15(23)11-24-17-20-16(21-22-17)12-6-2-1-3-7-12/h1-9H,10-11H2,(H,19,23)(H,20,21,22). The summed E-state index contributed by atoms with van der Waals surface area (Å²) in [6.45, 7) is 0.405. The van der Waals surface area contributed by atoms with Crippen LogP contribution in [-0.4, -0.2) is 26.8 Å². The summed E-state index contributed by atoms with van der Waals surface area (Å²) in [5.41, 5.74) is 1.85. The molecule has 5 nitrogen and oxygen atoms in total. The van der Waals surface area contributed by atoms with Crippen molar-refractivity contribution in [1.82, 2.24) is 20.5 Å². The van der Waals surface area contributed by atoms with E-state index in [9.17, 15) is 4.79 Å². The van der Waals surface area contributed by atoms with E-state index >= 15 is 0 Å². The summed E-state index contributed by atoms with van der Waals surface area (Å²) in [6, 6.07) is 17.2. The van der Waals surface area contributed by atoms with Gasteiger partial charge in [-0.25, -0.2) is 4.98 Å². The van der Waals surface area contributed by atoms with E-state index in [0.717, 1.165) is 11.1 Å². The van der Waals surface area contributed by atoms with Crippen LogP contribution in [0.3, 0.4) is 0 Å². The molecule has 3 rings (SSSR count). The highest BCUT2D eigenvalue weighted by Crippen LogP contribution is 2.19. The van der Waals surface area contributed by atoms with Crippen LogP contribution in [0.1, 0.15) is 5.56 Å². The average molecular weight is 359 g/mol. The lowest BCUT2D eigenvalue weighted by atomic mass is 10.2. The first-order valence-corrected chi connectivity index (χ1v) is 8.69. The predicted molar refractivity (Wildman–Crippen MR) is 95.8 cm³/mol. The number of benzene rings is 2. The summed E-state index contributed by atoms with van der Waals surface area (Å²) < 4.78 is 0. The van der Waals surface area contributed by atoms with Gasteiger partial charge in [-0.2, -0.15) is 0 Å². The molecule has 7 heteroatoms. The highest BCUT2D eigenvalue weighted by atomic mass is 35.5. The van der Waals surface area contributed by atoms with Gasteiger partial charge in [-0.1, -0.05) is 71.9 Å². The minimum absolute atomic E-state index is 0.0917. The number of nitrogens with zero attached hydrogens (tertiary/aromatic N) is 2. The molecule has 0 aliphatic carbocycles. The zero-order valence-corrected chi connectivity index (χ0v) is 14.3. The van der Waals surface area contributed by atoms with Gasteiger partial charge in [-0.15, -0.1) is 5.10 Å². The van der Waals surface area contributed by atoms with Crippen LogP contribution >= 0.6 is 23.4 Å². The number of aromatic nitrogens is 3. The smallest absolute Gasteiger partial charge is 0.230 e. The van der Waals surface area contributed by atoms with E-state index in [-0.39, 0.29) is 11.7 Å². The third kappa shape index (κ3) is 4.37. The summed E-state index contributed by atoms with van der Waals surface area (Å²) in [5.74, 6) is 0.844. The first kappa shape index (κ1) is 16.5. The minimum atomic E-state index is -0.0917. The van der Waals surface area contributed by atoms with E-state index in [4.69, 9.17) is 11.6 Å². The van der Waals surface area contributed by atoms with Crippen LogP contribution in [0, 0.1) is 0 Å². The molecule has 0 fully saturated rings. The molecule has 0 aliphatic rings. The third-order valence-corrected chi connectivity index (χ3v) is 4.49. The van der Waals surface area contributed by atoms with E-state index in [1.807, 2.05) is 48.5 Å². The molecule has 0 bridgehead atoms. The molecule has 0 atom stereocenters. The van der Waals surface area contributed by atoms with Crippen molar-refractivity contribution in [2.24, 2.45) is 0 Å². The second kappa shape index (κ2) is 7.99. The Hall–Kier alpha value is -2.31. The number of hydrogen-bond donors (Lipinski definition) is 2. The van der Waals surface area contributed by atoms with E-state index in [1.54, 1.807) is 6.07 Å². The number of amides is 1. The van der Waals surface area contributed by atoms with Gasteiger partial charge in [0.2, 0.25) is 11.1 Å². The van der Waals surface area contributed by atoms with Crippen molar-refractivity contribution in [2.75, 3.05) is 5.75 Å². The topological polar surface area (TPSA) is 70.7 Å². The molecule has 3 aromatic rings. The number of carbonyl (C=O) groups is 1. The molecular formula is C17H15ClN4OS. The van der Waals surface area contributed by atoms with Gasteiger partial charge in [-0.05, 0) is 11.6 Å². The Morgan fingerprint density at radius 2 is 1.88 bits per heavy atom. The van der Waals surface area contributed by atoms with Crippen LogP contribution in [-0.2, 0) is 11.3 Å². The van der Waals surface area contributed by atoms with Crippen molar-refractivity contribution in [3.63, 3.8) is 0 Å². The molecule has 0 saturated carbocycles. The van der Waals surface area contributed by atoms with Crippen LogP contribution in [0.2, 0.25) is 5.02 Å². The maximum absolute atomic E-state index is 11.9. The van der Waals surface area contributed by atoms with Gasteiger partial charge in [0.1, 0.15) is 0 Å². The number of hydrogen-bond acceptors (Lipinski definition) is 4. The average Bonchev–Trinajstić information content (AvgIpc) is 3.09. The normalized spacial score (nSPS) is 10.5. The first-order chi connectivity index (χ1) is 11.7. The van der Waals surface area contributed by atoms with E-state index in [0.29, 0.717) is 22.5 Å². The maximum atomic E-state index is 11.9. The van der Waals surface area contributed by atoms with Crippen molar-refractivity contribution in [3.8, 4) is 11.4 Å². The summed E-state index contributed by atoms with van der Waals surface area (Å²) in [6.07, 6.45) is 0. The highest BCUT2D eigenvalue weighted by molar-refractivity contribution is 7.99. The van der Waals surface area contributed by atoms with Crippen LogP contribution in [0.15, 0.2) is 59.8 Å². The second-order valence-electron chi connectivity index (χ2n) is 4.99. The van der Waals surface area contributed by atoms with E-state index < -0.39 is 0 Å². The monoisotopic (exact) mass is 358 g/mol. The number of nitrogens with one attached hydrogen (secondary N) is 2. The lowest BCUT2D eigenvalue weighted by Gasteiger charge is -2.05. The van der Waals surface area contributed by atoms with Gasteiger partial charge < -0.3 is 5.32 Å². The van der Waals surface area contributed by atoms with Gasteiger partial charge in [0.05, 0.1) is 5.75 Å². The molecule has 0 aliphatic heterocycles. The van der Waals surface area contributed by atoms with Crippen molar-refractivity contribution in [1.29, 1.82) is 0 Å². The Bertz CT molecular complexity index is 822. The zero-order chi connectivity index (χ0) is 16.8. The molecule has 0 spiro atoms. The molecule has 122 valence electrons. The molecule has 0 saturated heterocycles. The number of rotatable bonds is 6. The molecule has 1 amide bonds. The molecule has 0 unspecified atom stereocenters. The van der Waals surface area contributed by atoms with Gasteiger partial charge in [0, 0.05) is 17.1 Å². The van der Waals surface area contributed by atoms with Gasteiger partial charge in [-0.3, -0.25) is 9.89 Å². The third-order valence-electron chi connectivity index (χ3n) is 3.28. The fraction of sp³-hybridized carbons (Fsp3) is 0.118. The molecule has 2 aromatic carbocycles. The van der Waals surface area contributed by atoms with Crippen LogP contribution in [0.4, 0.5) is 0 Å². The second-order valence-corrected chi connectivity index (χ2v) is 6.34. The largest absolute Gasteiger partial charge is 0.351 e. The van der Waals surface area contributed by atoms with Crippen LogP contribution in [0.5, 0.6) is 0 Å².